The quantitative estimate of drug-likeness (QED) is 0.618. The third-order valence-corrected chi connectivity index (χ3v) is 4.67. The molecule has 2 aromatic carbocycles. The van der Waals surface area contributed by atoms with Gasteiger partial charge >= 0.3 is 11.8 Å². The van der Waals surface area contributed by atoms with E-state index in [9.17, 15) is 13.6 Å². The van der Waals surface area contributed by atoms with Gasteiger partial charge in [-0.3, -0.25) is 4.79 Å². The Labute approximate surface area is 171 Å². The van der Waals surface area contributed by atoms with Crippen molar-refractivity contribution >= 4 is 5.91 Å². The molecular weight excluding hydrogens is 394 g/mol. The minimum Gasteiger partial charge on any atom is -0.484 e. The number of rotatable bonds is 6. The number of benzene rings is 2. The average molecular weight is 414 g/mol. The predicted octanol–water partition coefficient (Wildman–Crippen LogP) is 2.98. The highest BCUT2D eigenvalue weighted by Gasteiger charge is 2.36. The van der Waals surface area contributed by atoms with Gasteiger partial charge in [0, 0.05) is 17.7 Å². The Hall–Kier alpha value is -3.33. The van der Waals surface area contributed by atoms with E-state index < -0.39 is 23.6 Å². The Bertz CT molecular complexity index is 1050. The molecule has 0 bridgehead atoms. The average Bonchev–Trinajstić information content (AvgIpc) is 3.20. The zero-order valence-electron chi connectivity index (χ0n) is 16.5. The first-order valence-corrected chi connectivity index (χ1v) is 9.39. The number of aromatic nitrogens is 2. The van der Waals surface area contributed by atoms with Gasteiger partial charge in [-0.25, -0.2) is 4.39 Å². The largest absolute Gasteiger partial charge is 0.484 e. The highest BCUT2D eigenvalue weighted by Crippen LogP contribution is 2.27. The summed E-state index contributed by atoms with van der Waals surface area (Å²) in [6.45, 7) is 0.703. The van der Waals surface area contributed by atoms with Gasteiger partial charge in [0.05, 0.1) is 13.1 Å². The van der Waals surface area contributed by atoms with Crippen LogP contribution in [0.2, 0.25) is 0 Å². The molecule has 0 atom stereocenters. The van der Waals surface area contributed by atoms with E-state index in [2.05, 4.69) is 10.2 Å². The van der Waals surface area contributed by atoms with E-state index in [0.29, 0.717) is 5.56 Å². The molecule has 4 rings (SSSR count). The van der Waals surface area contributed by atoms with Crippen LogP contribution in [0.15, 0.2) is 46.9 Å². The van der Waals surface area contributed by atoms with Crippen LogP contribution in [-0.4, -0.2) is 59.2 Å². The number of likely N-dealkylation sites (tertiary alicyclic amines) is 1. The third kappa shape index (κ3) is 4.02. The molecule has 0 aliphatic carbocycles. The Balaban J connectivity index is 1.36. The maximum absolute atomic E-state index is 14.3. The molecule has 0 spiro atoms. The van der Waals surface area contributed by atoms with Gasteiger partial charge in [0.25, 0.3) is 0 Å². The zero-order valence-corrected chi connectivity index (χ0v) is 16.5. The Kier molecular flexibility index (Phi) is 5.45. The summed E-state index contributed by atoms with van der Waals surface area (Å²) in [4.78, 5) is 15.7. The van der Waals surface area contributed by atoms with Gasteiger partial charge in [0.2, 0.25) is 11.7 Å². The fourth-order valence-corrected chi connectivity index (χ4v) is 3.13. The van der Waals surface area contributed by atoms with E-state index in [1.807, 2.05) is 18.2 Å². The summed E-state index contributed by atoms with van der Waals surface area (Å²) in [5, 5.41) is 7.70. The fraction of sp³-hybridized carbons (Fsp3) is 0.286. The Morgan fingerprint density at radius 1 is 1.13 bits per heavy atom. The van der Waals surface area contributed by atoms with Crippen molar-refractivity contribution in [1.29, 1.82) is 0 Å². The van der Waals surface area contributed by atoms with Crippen LogP contribution >= 0.6 is 0 Å². The Morgan fingerprint density at radius 3 is 2.57 bits per heavy atom. The van der Waals surface area contributed by atoms with E-state index in [1.165, 1.54) is 17.0 Å². The molecule has 0 saturated carbocycles. The molecule has 1 amide bonds. The van der Waals surface area contributed by atoms with Crippen molar-refractivity contribution in [2.24, 2.45) is 0 Å². The molecule has 0 radical (unpaired) electrons. The molecule has 7 nitrogen and oxygen atoms in total. The van der Waals surface area contributed by atoms with E-state index in [1.54, 1.807) is 31.1 Å². The number of halogens is 2. The van der Waals surface area contributed by atoms with Crippen LogP contribution in [0.5, 0.6) is 5.75 Å². The number of ether oxygens (including phenoxy) is 1. The van der Waals surface area contributed by atoms with Crippen molar-refractivity contribution in [2.45, 2.75) is 12.6 Å². The number of amides is 1. The number of carbonyl (C=O) groups excluding carboxylic acids is 1. The molecule has 1 aliphatic rings. The lowest BCUT2D eigenvalue weighted by Crippen LogP contribution is -2.56. The van der Waals surface area contributed by atoms with Crippen LogP contribution in [0.25, 0.3) is 11.5 Å². The van der Waals surface area contributed by atoms with Gasteiger partial charge in [-0.1, -0.05) is 24.3 Å². The number of nitrogens with zero attached hydrogens (tertiary/aromatic N) is 4. The van der Waals surface area contributed by atoms with Crippen molar-refractivity contribution in [3.63, 3.8) is 0 Å². The minimum atomic E-state index is -1.02. The second-order valence-corrected chi connectivity index (χ2v) is 7.32. The van der Waals surface area contributed by atoms with Crippen LogP contribution < -0.4 is 4.74 Å². The van der Waals surface area contributed by atoms with Crippen molar-refractivity contribution in [2.75, 3.05) is 27.2 Å². The van der Waals surface area contributed by atoms with Gasteiger partial charge in [0.1, 0.15) is 6.10 Å². The maximum Gasteiger partial charge on any atom is 0.311 e. The van der Waals surface area contributed by atoms with E-state index >= 15 is 0 Å². The van der Waals surface area contributed by atoms with Crippen LogP contribution in [0.1, 0.15) is 16.2 Å². The van der Waals surface area contributed by atoms with Gasteiger partial charge < -0.3 is 19.0 Å². The van der Waals surface area contributed by atoms with Crippen molar-refractivity contribution < 1.29 is 22.7 Å². The molecule has 0 unspecified atom stereocenters. The molecular formula is C21H20F2N4O3. The van der Waals surface area contributed by atoms with Gasteiger partial charge in [-0.05, 0) is 32.3 Å². The summed E-state index contributed by atoms with van der Waals surface area (Å²) in [5.74, 6) is -2.43. The first kappa shape index (κ1) is 20.0. The summed E-state index contributed by atoms with van der Waals surface area (Å²) in [5.41, 5.74) is 0.963. The lowest BCUT2D eigenvalue weighted by Gasteiger charge is -2.38. The molecule has 1 fully saturated rings. The lowest BCUT2D eigenvalue weighted by atomic mass is 10.1. The van der Waals surface area contributed by atoms with Crippen LogP contribution in [-0.2, 0) is 6.54 Å². The SMILES string of the molecule is CN(C)Cc1ccc(OC2CN(C(=O)c3nnc(-c4ccccc4)o3)C2)c(F)c1F. The number of hydrogen-bond donors (Lipinski definition) is 0. The van der Waals surface area contributed by atoms with E-state index in [-0.39, 0.29) is 42.7 Å². The van der Waals surface area contributed by atoms with Crippen molar-refractivity contribution in [3.8, 4) is 17.2 Å². The standard InChI is InChI=1S/C21H20F2N4O3/c1-26(2)10-14-8-9-16(18(23)17(14)22)29-15-11-27(12-15)21(28)20-25-24-19(30-20)13-6-4-3-5-7-13/h3-9,15H,10-12H2,1-2H3. The molecule has 1 aromatic heterocycles. The summed E-state index contributed by atoms with van der Waals surface area (Å²) >= 11 is 0. The molecule has 0 N–H and O–H groups in total. The second-order valence-electron chi connectivity index (χ2n) is 7.32. The molecule has 2 heterocycles. The fourth-order valence-electron chi connectivity index (χ4n) is 3.13. The molecule has 1 saturated heterocycles. The van der Waals surface area contributed by atoms with Crippen molar-refractivity contribution in [3.05, 3.63) is 65.6 Å². The van der Waals surface area contributed by atoms with Gasteiger partial charge in [-0.2, -0.15) is 4.39 Å². The Morgan fingerprint density at radius 2 is 1.87 bits per heavy atom. The van der Waals surface area contributed by atoms with Crippen LogP contribution in [0, 0.1) is 11.6 Å². The van der Waals surface area contributed by atoms with E-state index in [0.717, 1.165) is 0 Å². The van der Waals surface area contributed by atoms with Crippen LogP contribution in [0.3, 0.4) is 0 Å². The summed E-state index contributed by atoms with van der Waals surface area (Å²) in [6, 6.07) is 12.0. The maximum atomic E-state index is 14.3. The lowest BCUT2D eigenvalue weighted by molar-refractivity contribution is 0.0133. The number of hydrogen-bond acceptors (Lipinski definition) is 6. The molecule has 9 heteroatoms. The number of carbonyl (C=O) groups is 1. The third-order valence-electron chi connectivity index (χ3n) is 4.67. The molecule has 1 aliphatic heterocycles. The first-order valence-electron chi connectivity index (χ1n) is 9.39. The normalized spacial score (nSPS) is 14.1. The monoisotopic (exact) mass is 414 g/mol. The second kappa shape index (κ2) is 8.19. The summed E-state index contributed by atoms with van der Waals surface area (Å²) in [7, 11) is 3.54. The topological polar surface area (TPSA) is 71.7 Å². The van der Waals surface area contributed by atoms with Crippen molar-refractivity contribution in [1.82, 2.24) is 20.0 Å². The van der Waals surface area contributed by atoms with Crippen LogP contribution in [0.4, 0.5) is 8.78 Å². The zero-order chi connectivity index (χ0) is 21.3. The van der Waals surface area contributed by atoms with E-state index in [4.69, 9.17) is 9.15 Å². The van der Waals surface area contributed by atoms with Gasteiger partial charge in [0.15, 0.2) is 11.6 Å². The predicted molar refractivity (Wildman–Crippen MR) is 104 cm³/mol. The molecule has 30 heavy (non-hydrogen) atoms. The van der Waals surface area contributed by atoms with Gasteiger partial charge in [-0.15, -0.1) is 10.2 Å². The summed E-state index contributed by atoms with van der Waals surface area (Å²) < 4.78 is 39.5. The first-order chi connectivity index (χ1) is 14.4. The smallest absolute Gasteiger partial charge is 0.311 e. The molecule has 156 valence electrons. The molecule has 3 aromatic rings. The minimum absolute atomic E-state index is 0.127. The highest BCUT2D eigenvalue weighted by atomic mass is 19.2. The summed E-state index contributed by atoms with van der Waals surface area (Å²) in [6.07, 6.45) is -0.445. The highest BCUT2D eigenvalue weighted by molar-refractivity contribution is 5.90.